The minimum atomic E-state index is -5.03. The second kappa shape index (κ2) is 10.4. The first-order valence-electron chi connectivity index (χ1n) is 11.2. The number of carbonyl (C=O) groups is 1. The Labute approximate surface area is 207 Å². The molecule has 35 heavy (non-hydrogen) atoms. The van der Waals surface area contributed by atoms with E-state index in [-0.39, 0.29) is 12.1 Å². The second-order valence-electron chi connectivity index (χ2n) is 10.3. The third kappa shape index (κ3) is 6.99. The SMILES string of the molecule is CCOC(=O)CC(C=N[S+]([O-])C(C)(C)C)c1cc(B2OC(C)(C)C(C)(C)O2)cc(C(F)(F)F)c1F. The molecule has 2 atom stereocenters. The van der Waals surface area contributed by atoms with Crippen LogP contribution in [-0.2, 0) is 36.4 Å². The lowest BCUT2D eigenvalue weighted by atomic mass is 9.76. The van der Waals surface area contributed by atoms with Crippen LogP contribution in [0.4, 0.5) is 17.6 Å². The van der Waals surface area contributed by atoms with Gasteiger partial charge in [0, 0.05) is 5.92 Å². The fraction of sp³-hybridized carbons (Fsp3) is 0.652. The summed E-state index contributed by atoms with van der Waals surface area (Å²) in [5.74, 6) is -3.59. The molecule has 1 heterocycles. The molecule has 0 aromatic heterocycles. The number of hydrogen-bond acceptors (Lipinski definition) is 6. The highest BCUT2D eigenvalue weighted by Gasteiger charge is 2.52. The van der Waals surface area contributed by atoms with Gasteiger partial charge in [0.1, 0.15) is 21.9 Å². The monoisotopic (exact) mass is 521 g/mol. The van der Waals surface area contributed by atoms with Gasteiger partial charge in [-0.25, -0.2) is 4.39 Å². The van der Waals surface area contributed by atoms with E-state index in [0.717, 1.165) is 6.21 Å². The van der Waals surface area contributed by atoms with Crippen molar-refractivity contribution < 1.29 is 41.0 Å². The Morgan fingerprint density at radius 1 is 1.20 bits per heavy atom. The third-order valence-corrected chi connectivity index (χ3v) is 7.27. The Hall–Kier alpha value is -1.63. The molecule has 2 unspecified atom stereocenters. The normalized spacial score (nSPS) is 19.7. The summed E-state index contributed by atoms with van der Waals surface area (Å²) in [7, 11) is -1.20. The summed E-state index contributed by atoms with van der Waals surface area (Å²) >= 11 is -1.78. The van der Waals surface area contributed by atoms with E-state index in [0.29, 0.717) is 6.07 Å². The summed E-state index contributed by atoms with van der Waals surface area (Å²) in [6, 6.07) is 1.81. The van der Waals surface area contributed by atoms with Crippen LogP contribution in [0.2, 0.25) is 0 Å². The zero-order valence-electron chi connectivity index (χ0n) is 21.2. The van der Waals surface area contributed by atoms with Gasteiger partial charge >= 0.3 is 19.3 Å². The van der Waals surface area contributed by atoms with Gasteiger partial charge < -0.3 is 18.6 Å². The van der Waals surface area contributed by atoms with Crippen LogP contribution >= 0.6 is 0 Å². The lowest BCUT2D eigenvalue weighted by molar-refractivity contribution is -0.143. The molecule has 0 bridgehead atoms. The summed E-state index contributed by atoms with van der Waals surface area (Å²) in [4.78, 5) is 12.2. The van der Waals surface area contributed by atoms with Crippen molar-refractivity contribution in [2.45, 2.75) is 89.9 Å². The molecule has 0 radical (unpaired) electrons. The summed E-state index contributed by atoms with van der Waals surface area (Å²) in [5, 5.41) is 0. The molecule has 0 spiro atoms. The van der Waals surface area contributed by atoms with Crippen molar-refractivity contribution in [1.29, 1.82) is 0 Å². The van der Waals surface area contributed by atoms with Gasteiger partial charge in [-0.1, -0.05) is 10.5 Å². The average Bonchev–Trinajstić information content (AvgIpc) is 2.90. The van der Waals surface area contributed by atoms with Crippen molar-refractivity contribution in [1.82, 2.24) is 0 Å². The predicted octanol–water partition coefficient (Wildman–Crippen LogP) is 4.71. The number of carbonyl (C=O) groups excluding carboxylic acids is 1. The molecule has 1 aliphatic rings. The van der Waals surface area contributed by atoms with Crippen LogP contribution in [0.3, 0.4) is 0 Å². The molecular formula is C23H32BF4NO5S. The lowest BCUT2D eigenvalue weighted by Crippen LogP contribution is -2.41. The molecule has 1 aliphatic heterocycles. The number of halogens is 4. The zero-order valence-corrected chi connectivity index (χ0v) is 22.0. The van der Waals surface area contributed by atoms with Gasteiger partial charge in [0.05, 0.1) is 36.0 Å². The van der Waals surface area contributed by atoms with Crippen molar-refractivity contribution in [2.75, 3.05) is 6.61 Å². The summed E-state index contributed by atoms with van der Waals surface area (Å²) in [6.07, 6.45) is -4.48. The van der Waals surface area contributed by atoms with Crippen LogP contribution in [-0.4, -0.2) is 46.4 Å². The molecule has 0 saturated carbocycles. The molecular weight excluding hydrogens is 489 g/mol. The maximum absolute atomic E-state index is 15.3. The van der Waals surface area contributed by atoms with Crippen molar-refractivity contribution in [3.63, 3.8) is 0 Å². The highest BCUT2D eigenvalue weighted by molar-refractivity contribution is 7.91. The number of benzene rings is 1. The Morgan fingerprint density at radius 2 is 1.74 bits per heavy atom. The fourth-order valence-electron chi connectivity index (χ4n) is 3.19. The number of hydrogen-bond donors (Lipinski definition) is 0. The molecule has 12 heteroatoms. The van der Waals surface area contributed by atoms with Crippen molar-refractivity contribution >= 4 is 36.1 Å². The molecule has 0 aliphatic carbocycles. The number of rotatable bonds is 7. The Morgan fingerprint density at radius 3 is 2.20 bits per heavy atom. The highest BCUT2D eigenvalue weighted by Crippen LogP contribution is 2.39. The topological polar surface area (TPSA) is 80.2 Å². The maximum atomic E-state index is 15.3. The Bertz CT molecular complexity index is 946. The van der Waals surface area contributed by atoms with Crippen LogP contribution in [0.25, 0.3) is 0 Å². The van der Waals surface area contributed by atoms with E-state index in [1.165, 1.54) is 6.07 Å². The molecule has 2 rings (SSSR count). The van der Waals surface area contributed by atoms with Gasteiger partial charge in [0.15, 0.2) is 0 Å². The molecule has 196 valence electrons. The predicted molar refractivity (Wildman–Crippen MR) is 127 cm³/mol. The van der Waals surface area contributed by atoms with Crippen LogP contribution in [0.15, 0.2) is 16.5 Å². The van der Waals surface area contributed by atoms with Gasteiger partial charge in [-0.3, -0.25) is 4.79 Å². The van der Waals surface area contributed by atoms with Crippen molar-refractivity contribution in [2.24, 2.45) is 4.40 Å². The molecule has 1 fully saturated rings. The number of alkyl halides is 3. The number of esters is 1. The summed E-state index contributed by atoms with van der Waals surface area (Å²) in [6.45, 7) is 13.5. The first-order valence-corrected chi connectivity index (χ1v) is 12.3. The first-order chi connectivity index (χ1) is 15.8. The Kier molecular flexibility index (Phi) is 8.79. The second-order valence-corrected chi connectivity index (χ2v) is 12.2. The molecule has 6 nitrogen and oxygen atoms in total. The average molecular weight is 521 g/mol. The van der Waals surface area contributed by atoms with E-state index >= 15 is 4.39 Å². The van der Waals surface area contributed by atoms with Gasteiger partial charge in [0.25, 0.3) is 0 Å². The number of ether oxygens (including phenoxy) is 1. The minimum absolute atomic E-state index is 0.0286. The van der Waals surface area contributed by atoms with E-state index in [2.05, 4.69) is 4.40 Å². The summed E-state index contributed by atoms with van der Waals surface area (Å²) in [5.41, 5.74) is -3.74. The van der Waals surface area contributed by atoms with E-state index in [4.69, 9.17) is 14.0 Å². The molecule has 1 aromatic rings. The molecule has 1 saturated heterocycles. The van der Waals surface area contributed by atoms with Crippen molar-refractivity contribution in [3.8, 4) is 0 Å². The van der Waals surface area contributed by atoms with E-state index < -0.39 is 75.9 Å². The standard InChI is InChI=1S/C23H32BF4NO5S/c1-9-32-18(30)10-14(13-29-35(31)20(2,3)4)16-11-15(12-17(19(16)25)23(26,27)28)24-33-21(5,6)22(7,8)34-24/h11-14H,9-10H2,1-8H3. The molecule has 1 aromatic carbocycles. The van der Waals surface area contributed by atoms with Gasteiger partial charge in [0.2, 0.25) is 0 Å². The van der Waals surface area contributed by atoms with Gasteiger partial charge in [-0.05, 0) is 72.5 Å². The van der Waals surface area contributed by atoms with E-state index in [9.17, 15) is 22.5 Å². The highest BCUT2D eigenvalue weighted by atomic mass is 32.2. The van der Waals surface area contributed by atoms with Crippen LogP contribution in [0.5, 0.6) is 0 Å². The third-order valence-electron chi connectivity index (χ3n) is 5.91. The molecule has 0 amide bonds. The minimum Gasteiger partial charge on any atom is -0.591 e. The molecule has 0 N–H and O–H groups in total. The quantitative estimate of drug-likeness (QED) is 0.171. The lowest BCUT2D eigenvalue weighted by Gasteiger charge is -2.32. The van der Waals surface area contributed by atoms with Crippen LogP contribution in [0.1, 0.15) is 78.9 Å². The van der Waals surface area contributed by atoms with Crippen molar-refractivity contribution in [3.05, 3.63) is 29.1 Å². The van der Waals surface area contributed by atoms with Crippen LogP contribution in [0, 0.1) is 5.82 Å². The van der Waals surface area contributed by atoms with E-state index in [1.807, 2.05) is 0 Å². The Balaban J connectivity index is 2.66. The van der Waals surface area contributed by atoms with E-state index in [1.54, 1.807) is 55.4 Å². The van der Waals surface area contributed by atoms with Gasteiger partial charge in [-0.15, -0.1) is 0 Å². The van der Waals surface area contributed by atoms with Gasteiger partial charge in [-0.2, -0.15) is 13.2 Å². The zero-order chi connectivity index (χ0) is 27.0. The smallest absolute Gasteiger partial charge is 0.494 e. The number of nitrogens with zero attached hydrogens (tertiary/aromatic N) is 1. The first kappa shape index (κ1) is 29.6. The van der Waals surface area contributed by atoms with Crippen LogP contribution < -0.4 is 5.46 Å². The maximum Gasteiger partial charge on any atom is 0.494 e. The largest absolute Gasteiger partial charge is 0.591 e. The fourth-order valence-corrected chi connectivity index (χ4v) is 3.76. The summed E-state index contributed by atoms with van der Waals surface area (Å²) < 4.78 is 89.0.